The first-order valence-corrected chi connectivity index (χ1v) is 9.22. The molecule has 134 valence electrons. The summed E-state index contributed by atoms with van der Waals surface area (Å²) in [7, 11) is 0. The Balaban J connectivity index is 1.51. The van der Waals surface area contributed by atoms with E-state index in [-0.39, 0.29) is 5.91 Å². The molecule has 0 aromatic heterocycles. The lowest BCUT2D eigenvalue weighted by Crippen LogP contribution is -2.24. The molecule has 0 bridgehead atoms. The Morgan fingerprint density at radius 1 is 1.08 bits per heavy atom. The predicted octanol–water partition coefficient (Wildman–Crippen LogP) is 4.95. The van der Waals surface area contributed by atoms with Crippen molar-refractivity contribution in [2.75, 3.05) is 13.2 Å². The van der Waals surface area contributed by atoms with Crippen molar-refractivity contribution >= 4 is 17.5 Å². The van der Waals surface area contributed by atoms with Gasteiger partial charge in [-0.3, -0.25) is 4.79 Å². The van der Waals surface area contributed by atoms with E-state index in [2.05, 4.69) is 29.6 Å². The zero-order valence-electron chi connectivity index (χ0n) is 14.8. The van der Waals surface area contributed by atoms with Crippen molar-refractivity contribution in [1.82, 2.24) is 5.32 Å². The van der Waals surface area contributed by atoms with E-state index in [1.807, 2.05) is 31.2 Å². The van der Waals surface area contributed by atoms with E-state index < -0.39 is 0 Å². The van der Waals surface area contributed by atoms with Gasteiger partial charge in [0.1, 0.15) is 5.75 Å². The van der Waals surface area contributed by atoms with Gasteiger partial charge in [-0.15, -0.1) is 0 Å². The van der Waals surface area contributed by atoms with Gasteiger partial charge in [0.15, 0.2) is 0 Å². The van der Waals surface area contributed by atoms with E-state index in [1.54, 1.807) is 0 Å². The average Bonchev–Trinajstić information content (AvgIpc) is 2.61. The number of benzene rings is 2. The van der Waals surface area contributed by atoms with Crippen LogP contribution in [-0.2, 0) is 11.2 Å². The number of unbranched alkanes of at least 4 members (excludes halogenated alkanes) is 1. The van der Waals surface area contributed by atoms with Crippen molar-refractivity contribution in [2.24, 2.45) is 0 Å². The van der Waals surface area contributed by atoms with Crippen molar-refractivity contribution in [2.45, 2.75) is 39.0 Å². The minimum Gasteiger partial charge on any atom is -0.493 e. The average molecular weight is 360 g/mol. The van der Waals surface area contributed by atoms with Gasteiger partial charge in [-0.2, -0.15) is 0 Å². The Morgan fingerprint density at radius 2 is 1.88 bits per heavy atom. The quantitative estimate of drug-likeness (QED) is 0.610. The third-order valence-corrected chi connectivity index (χ3v) is 4.24. The fourth-order valence-electron chi connectivity index (χ4n) is 2.60. The second-order valence-corrected chi connectivity index (χ2v) is 6.59. The summed E-state index contributed by atoms with van der Waals surface area (Å²) in [6.07, 6.45) is 4.35. The summed E-state index contributed by atoms with van der Waals surface area (Å²) in [5, 5.41) is 3.68. The molecule has 4 heteroatoms. The number of carbonyl (C=O) groups is 1. The molecule has 2 aromatic carbocycles. The standard InChI is InChI=1S/C21H26ClNO2/c1-17-16-19(22)12-13-20(17)25-15-7-11-21(24)23-14-6-5-10-18-8-3-2-4-9-18/h2-4,8-9,12-13,16H,5-7,10-11,14-15H2,1H3,(H,23,24). The fourth-order valence-corrected chi connectivity index (χ4v) is 2.83. The largest absolute Gasteiger partial charge is 0.493 e. The van der Waals surface area contributed by atoms with Crippen LogP contribution in [0.1, 0.15) is 36.8 Å². The van der Waals surface area contributed by atoms with Crippen LogP contribution in [0, 0.1) is 6.92 Å². The molecule has 0 atom stereocenters. The first kappa shape index (κ1) is 19.3. The van der Waals surface area contributed by atoms with E-state index in [1.165, 1.54) is 5.56 Å². The molecule has 3 nitrogen and oxygen atoms in total. The van der Waals surface area contributed by atoms with Crippen LogP contribution in [0.4, 0.5) is 0 Å². The highest BCUT2D eigenvalue weighted by molar-refractivity contribution is 6.30. The Morgan fingerprint density at radius 3 is 2.64 bits per heavy atom. The molecule has 0 saturated heterocycles. The highest BCUT2D eigenvalue weighted by Crippen LogP contribution is 2.21. The van der Waals surface area contributed by atoms with E-state index in [9.17, 15) is 4.79 Å². The van der Waals surface area contributed by atoms with E-state index in [0.29, 0.717) is 24.5 Å². The Bertz CT molecular complexity index is 658. The van der Waals surface area contributed by atoms with Crippen LogP contribution >= 0.6 is 11.6 Å². The summed E-state index contributed by atoms with van der Waals surface area (Å²) in [6, 6.07) is 16.0. The zero-order chi connectivity index (χ0) is 17.9. The van der Waals surface area contributed by atoms with Crippen LogP contribution in [0.5, 0.6) is 5.75 Å². The Kier molecular flexibility index (Phi) is 8.33. The third kappa shape index (κ3) is 7.61. The lowest BCUT2D eigenvalue weighted by Gasteiger charge is -2.09. The maximum absolute atomic E-state index is 11.8. The summed E-state index contributed by atoms with van der Waals surface area (Å²) < 4.78 is 5.70. The summed E-state index contributed by atoms with van der Waals surface area (Å²) >= 11 is 5.92. The molecular weight excluding hydrogens is 334 g/mol. The molecule has 0 radical (unpaired) electrons. The summed E-state index contributed by atoms with van der Waals surface area (Å²) in [4.78, 5) is 11.8. The van der Waals surface area contributed by atoms with Crippen LogP contribution in [0.15, 0.2) is 48.5 Å². The third-order valence-electron chi connectivity index (χ3n) is 4.00. The molecule has 0 aliphatic rings. The molecule has 0 saturated carbocycles. The number of rotatable bonds is 10. The monoisotopic (exact) mass is 359 g/mol. The number of hydrogen-bond donors (Lipinski definition) is 1. The normalized spacial score (nSPS) is 10.5. The molecular formula is C21H26ClNO2. The first-order chi connectivity index (χ1) is 12.1. The summed E-state index contributed by atoms with van der Waals surface area (Å²) in [5.74, 6) is 0.918. The van der Waals surface area contributed by atoms with Gasteiger partial charge >= 0.3 is 0 Å². The fraction of sp³-hybridized carbons (Fsp3) is 0.381. The number of amides is 1. The van der Waals surface area contributed by atoms with Crippen LogP contribution in [0.2, 0.25) is 5.02 Å². The maximum atomic E-state index is 11.8. The summed E-state index contributed by atoms with van der Waals surface area (Å²) in [5.41, 5.74) is 2.36. The molecule has 0 unspecified atom stereocenters. The SMILES string of the molecule is Cc1cc(Cl)ccc1OCCCC(=O)NCCCCc1ccccc1. The lowest BCUT2D eigenvalue weighted by molar-refractivity contribution is -0.121. The van der Waals surface area contributed by atoms with E-state index in [0.717, 1.165) is 37.1 Å². The van der Waals surface area contributed by atoms with Crippen LogP contribution in [0.3, 0.4) is 0 Å². The van der Waals surface area contributed by atoms with Crippen molar-refractivity contribution in [3.05, 3.63) is 64.7 Å². The number of ether oxygens (including phenoxy) is 1. The van der Waals surface area contributed by atoms with Crippen LogP contribution in [-0.4, -0.2) is 19.1 Å². The number of hydrogen-bond acceptors (Lipinski definition) is 2. The van der Waals surface area contributed by atoms with Gasteiger partial charge in [-0.1, -0.05) is 41.9 Å². The van der Waals surface area contributed by atoms with Gasteiger partial charge in [-0.05, 0) is 61.9 Å². The smallest absolute Gasteiger partial charge is 0.220 e. The van der Waals surface area contributed by atoms with Gasteiger partial charge in [0.2, 0.25) is 5.91 Å². The van der Waals surface area contributed by atoms with E-state index >= 15 is 0 Å². The topological polar surface area (TPSA) is 38.3 Å². The number of halogens is 1. The second kappa shape index (κ2) is 10.8. The number of nitrogens with one attached hydrogen (secondary N) is 1. The highest BCUT2D eigenvalue weighted by Gasteiger charge is 2.03. The van der Waals surface area contributed by atoms with Crippen molar-refractivity contribution in [3.63, 3.8) is 0 Å². The van der Waals surface area contributed by atoms with Crippen molar-refractivity contribution < 1.29 is 9.53 Å². The van der Waals surface area contributed by atoms with Crippen molar-refractivity contribution in [1.29, 1.82) is 0 Å². The Labute approximate surface area is 155 Å². The molecule has 1 N–H and O–H groups in total. The van der Waals surface area contributed by atoms with Gasteiger partial charge in [0.25, 0.3) is 0 Å². The molecule has 0 spiro atoms. The highest BCUT2D eigenvalue weighted by atomic mass is 35.5. The zero-order valence-corrected chi connectivity index (χ0v) is 15.5. The molecule has 2 aromatic rings. The summed E-state index contributed by atoms with van der Waals surface area (Å²) in [6.45, 7) is 3.23. The molecule has 0 heterocycles. The van der Waals surface area contributed by atoms with Crippen LogP contribution < -0.4 is 10.1 Å². The molecule has 1 amide bonds. The lowest BCUT2D eigenvalue weighted by atomic mass is 10.1. The second-order valence-electron chi connectivity index (χ2n) is 6.15. The molecule has 2 rings (SSSR count). The van der Waals surface area contributed by atoms with Crippen molar-refractivity contribution in [3.8, 4) is 5.75 Å². The van der Waals surface area contributed by atoms with Gasteiger partial charge in [-0.25, -0.2) is 0 Å². The van der Waals surface area contributed by atoms with E-state index in [4.69, 9.17) is 16.3 Å². The minimum atomic E-state index is 0.0936. The van der Waals surface area contributed by atoms with Gasteiger partial charge in [0.05, 0.1) is 6.61 Å². The number of aryl methyl sites for hydroxylation is 2. The van der Waals surface area contributed by atoms with Crippen LogP contribution in [0.25, 0.3) is 0 Å². The maximum Gasteiger partial charge on any atom is 0.220 e. The predicted molar refractivity (Wildman–Crippen MR) is 103 cm³/mol. The van der Waals surface area contributed by atoms with Gasteiger partial charge in [0, 0.05) is 18.0 Å². The molecule has 0 aliphatic carbocycles. The molecule has 0 fully saturated rings. The molecule has 0 aliphatic heterocycles. The minimum absolute atomic E-state index is 0.0936. The number of carbonyl (C=O) groups excluding carboxylic acids is 1. The van der Waals surface area contributed by atoms with Gasteiger partial charge < -0.3 is 10.1 Å². The molecule has 25 heavy (non-hydrogen) atoms. The first-order valence-electron chi connectivity index (χ1n) is 8.85. The Hall–Kier alpha value is -2.00.